The molecule has 0 bridgehead atoms. The van der Waals surface area contributed by atoms with Crippen molar-refractivity contribution in [1.82, 2.24) is 5.43 Å². The molecular formula is C10H20N2O. The standard InChI is InChI=1S/C10H20N2O/c1-5-7-8-9(12-11)10(3,4)13-6-2/h9,12H,6,8,11H2,1-4H3. The van der Waals surface area contributed by atoms with E-state index >= 15 is 0 Å². The molecule has 3 N–H and O–H groups in total. The number of nitrogens with two attached hydrogens (primary N) is 1. The highest BCUT2D eigenvalue weighted by Crippen LogP contribution is 2.16. The molecule has 3 heteroatoms. The Morgan fingerprint density at radius 3 is 2.54 bits per heavy atom. The summed E-state index contributed by atoms with van der Waals surface area (Å²) in [6.45, 7) is 8.50. The molecule has 0 fully saturated rings. The smallest absolute Gasteiger partial charge is 0.0801 e. The summed E-state index contributed by atoms with van der Waals surface area (Å²) in [6.07, 6.45) is 0.708. The van der Waals surface area contributed by atoms with Crippen molar-refractivity contribution in [3.8, 4) is 11.8 Å². The van der Waals surface area contributed by atoms with Gasteiger partial charge in [-0.05, 0) is 27.7 Å². The summed E-state index contributed by atoms with van der Waals surface area (Å²) < 4.78 is 5.57. The highest BCUT2D eigenvalue weighted by molar-refractivity contribution is 5.01. The fourth-order valence-corrected chi connectivity index (χ4v) is 1.18. The molecule has 0 saturated heterocycles. The van der Waals surface area contributed by atoms with Crippen LogP contribution in [0.3, 0.4) is 0 Å². The van der Waals surface area contributed by atoms with Gasteiger partial charge >= 0.3 is 0 Å². The molecule has 0 amide bonds. The topological polar surface area (TPSA) is 47.3 Å². The van der Waals surface area contributed by atoms with Crippen LogP contribution in [0.5, 0.6) is 0 Å². The third-order valence-corrected chi connectivity index (χ3v) is 2.04. The van der Waals surface area contributed by atoms with Gasteiger partial charge in [-0.25, -0.2) is 0 Å². The first kappa shape index (κ1) is 12.4. The van der Waals surface area contributed by atoms with Gasteiger partial charge in [-0.1, -0.05) is 0 Å². The maximum atomic E-state index is 5.57. The highest BCUT2D eigenvalue weighted by Gasteiger charge is 2.28. The lowest BCUT2D eigenvalue weighted by atomic mass is 9.96. The van der Waals surface area contributed by atoms with Crippen molar-refractivity contribution in [3.05, 3.63) is 0 Å². The molecule has 0 aliphatic heterocycles. The Hall–Kier alpha value is -0.560. The molecule has 0 saturated carbocycles. The van der Waals surface area contributed by atoms with Gasteiger partial charge in [0.1, 0.15) is 0 Å². The van der Waals surface area contributed by atoms with Crippen LogP contribution < -0.4 is 11.3 Å². The average Bonchev–Trinajstić information content (AvgIpc) is 2.05. The van der Waals surface area contributed by atoms with Crippen molar-refractivity contribution < 1.29 is 4.74 Å². The van der Waals surface area contributed by atoms with Crippen LogP contribution in [0.2, 0.25) is 0 Å². The number of hydrogen-bond donors (Lipinski definition) is 2. The molecule has 0 aromatic carbocycles. The van der Waals surface area contributed by atoms with Crippen LogP contribution in [0, 0.1) is 11.8 Å². The van der Waals surface area contributed by atoms with Crippen LogP contribution in [-0.2, 0) is 4.74 Å². The Labute approximate surface area is 81.0 Å². The van der Waals surface area contributed by atoms with E-state index < -0.39 is 0 Å². The highest BCUT2D eigenvalue weighted by atomic mass is 16.5. The summed E-state index contributed by atoms with van der Waals surface area (Å²) in [4.78, 5) is 0. The minimum atomic E-state index is -0.270. The number of hydrogen-bond acceptors (Lipinski definition) is 3. The zero-order chi connectivity index (χ0) is 10.3. The van der Waals surface area contributed by atoms with Crippen LogP contribution in [0.4, 0.5) is 0 Å². The first-order valence-corrected chi connectivity index (χ1v) is 4.58. The van der Waals surface area contributed by atoms with Gasteiger partial charge < -0.3 is 4.74 Å². The summed E-state index contributed by atoms with van der Waals surface area (Å²) in [5, 5.41) is 0. The third kappa shape index (κ3) is 4.28. The number of nitrogens with one attached hydrogen (secondary N) is 1. The van der Waals surface area contributed by atoms with Crippen LogP contribution in [0.1, 0.15) is 34.1 Å². The Kier molecular flexibility index (Phi) is 5.72. The van der Waals surface area contributed by atoms with Gasteiger partial charge in [-0.15, -0.1) is 11.8 Å². The van der Waals surface area contributed by atoms with Crippen molar-refractivity contribution in [3.63, 3.8) is 0 Å². The molecule has 0 aliphatic carbocycles. The van der Waals surface area contributed by atoms with Crippen LogP contribution in [0.25, 0.3) is 0 Å². The Morgan fingerprint density at radius 2 is 2.15 bits per heavy atom. The molecule has 0 heterocycles. The zero-order valence-electron chi connectivity index (χ0n) is 8.98. The first-order chi connectivity index (χ1) is 6.08. The average molecular weight is 184 g/mol. The molecule has 0 aromatic heterocycles. The van der Waals surface area contributed by atoms with Gasteiger partial charge in [0.25, 0.3) is 0 Å². The summed E-state index contributed by atoms with van der Waals surface area (Å²) in [5.41, 5.74) is 2.46. The van der Waals surface area contributed by atoms with Crippen LogP contribution in [-0.4, -0.2) is 18.2 Å². The van der Waals surface area contributed by atoms with E-state index in [4.69, 9.17) is 10.6 Å². The Morgan fingerprint density at radius 1 is 1.54 bits per heavy atom. The Bertz CT molecular complexity index is 191. The predicted octanol–water partition coefficient (Wildman–Crippen LogP) is 1.05. The van der Waals surface area contributed by atoms with Crippen molar-refractivity contribution in [1.29, 1.82) is 0 Å². The lowest BCUT2D eigenvalue weighted by Crippen LogP contribution is -2.51. The van der Waals surface area contributed by atoms with E-state index in [0.29, 0.717) is 13.0 Å². The molecule has 1 unspecified atom stereocenters. The summed E-state index contributed by atoms with van der Waals surface area (Å²) in [7, 11) is 0. The second-order valence-corrected chi connectivity index (χ2v) is 3.39. The second-order valence-electron chi connectivity index (χ2n) is 3.39. The lowest BCUT2D eigenvalue weighted by molar-refractivity contribution is -0.0369. The SMILES string of the molecule is CC#CCC(NN)C(C)(C)OCC. The monoisotopic (exact) mass is 184 g/mol. The minimum absolute atomic E-state index is 0.0694. The van der Waals surface area contributed by atoms with Gasteiger partial charge in [0.15, 0.2) is 0 Å². The molecule has 0 radical (unpaired) electrons. The predicted molar refractivity (Wildman–Crippen MR) is 54.9 cm³/mol. The summed E-state index contributed by atoms with van der Waals surface area (Å²) in [5.74, 6) is 11.3. The normalized spacial score (nSPS) is 13.3. The summed E-state index contributed by atoms with van der Waals surface area (Å²) in [6, 6.07) is 0.0694. The van der Waals surface area contributed by atoms with Gasteiger partial charge in [0.2, 0.25) is 0 Å². The van der Waals surface area contributed by atoms with Gasteiger partial charge in [-0.3, -0.25) is 11.3 Å². The van der Waals surface area contributed by atoms with E-state index in [1.165, 1.54) is 0 Å². The molecule has 1 atom stereocenters. The molecule has 13 heavy (non-hydrogen) atoms. The molecule has 0 rings (SSSR count). The maximum absolute atomic E-state index is 5.57. The zero-order valence-corrected chi connectivity index (χ0v) is 8.98. The van der Waals surface area contributed by atoms with Gasteiger partial charge in [-0.2, -0.15) is 0 Å². The summed E-state index contributed by atoms with van der Waals surface area (Å²) >= 11 is 0. The van der Waals surface area contributed by atoms with E-state index in [0.717, 1.165) is 0 Å². The molecular weight excluding hydrogens is 164 g/mol. The van der Waals surface area contributed by atoms with Crippen molar-refractivity contribution in [2.75, 3.05) is 6.61 Å². The van der Waals surface area contributed by atoms with Crippen molar-refractivity contribution in [2.24, 2.45) is 5.84 Å². The third-order valence-electron chi connectivity index (χ3n) is 2.04. The molecule has 0 aromatic rings. The molecule has 3 nitrogen and oxygen atoms in total. The largest absolute Gasteiger partial charge is 0.374 e. The van der Waals surface area contributed by atoms with Crippen LogP contribution in [0.15, 0.2) is 0 Å². The number of ether oxygens (including phenoxy) is 1. The number of rotatable bonds is 5. The fraction of sp³-hybridized carbons (Fsp3) is 0.800. The van der Waals surface area contributed by atoms with E-state index in [-0.39, 0.29) is 11.6 Å². The molecule has 76 valence electrons. The van der Waals surface area contributed by atoms with Crippen LogP contribution >= 0.6 is 0 Å². The van der Waals surface area contributed by atoms with E-state index in [1.54, 1.807) is 0 Å². The van der Waals surface area contributed by atoms with Crippen molar-refractivity contribution in [2.45, 2.75) is 45.8 Å². The molecule has 0 spiro atoms. The van der Waals surface area contributed by atoms with E-state index in [2.05, 4.69) is 17.3 Å². The van der Waals surface area contributed by atoms with Gasteiger partial charge in [0, 0.05) is 13.0 Å². The van der Waals surface area contributed by atoms with Crippen molar-refractivity contribution >= 4 is 0 Å². The number of hydrazine groups is 1. The van der Waals surface area contributed by atoms with E-state index in [9.17, 15) is 0 Å². The lowest BCUT2D eigenvalue weighted by Gasteiger charge is -2.32. The Balaban J connectivity index is 4.24. The van der Waals surface area contributed by atoms with Gasteiger partial charge in [0.05, 0.1) is 11.6 Å². The fourth-order valence-electron chi connectivity index (χ4n) is 1.18. The van der Waals surface area contributed by atoms with E-state index in [1.807, 2.05) is 27.7 Å². The molecule has 0 aliphatic rings. The second kappa shape index (κ2) is 5.98. The maximum Gasteiger partial charge on any atom is 0.0801 e. The first-order valence-electron chi connectivity index (χ1n) is 4.58. The minimum Gasteiger partial charge on any atom is -0.374 e. The quantitative estimate of drug-likeness (QED) is 0.381.